The molecule has 0 bridgehead atoms. The lowest BCUT2D eigenvalue weighted by atomic mass is 10.3. The first kappa shape index (κ1) is 15.7. The van der Waals surface area contributed by atoms with E-state index in [0.717, 1.165) is 6.07 Å². The molecule has 0 atom stereocenters. The van der Waals surface area contributed by atoms with Crippen LogP contribution in [0.2, 0.25) is 0 Å². The van der Waals surface area contributed by atoms with E-state index in [1.54, 1.807) is 0 Å². The third kappa shape index (κ3) is 4.05. The molecule has 0 aromatic heterocycles. The number of alkyl halides is 1. The third-order valence-electron chi connectivity index (χ3n) is 2.25. The molecule has 0 aliphatic rings. The van der Waals surface area contributed by atoms with Crippen molar-refractivity contribution in [2.24, 2.45) is 0 Å². The molecule has 106 valence electrons. The van der Waals surface area contributed by atoms with Crippen LogP contribution >= 0.6 is 11.6 Å². The molecule has 0 aliphatic carbocycles. The van der Waals surface area contributed by atoms with Crippen molar-refractivity contribution in [2.75, 3.05) is 19.5 Å². The molecule has 1 aromatic rings. The summed E-state index contributed by atoms with van der Waals surface area (Å²) < 4.78 is 31.2. The van der Waals surface area contributed by atoms with Crippen LogP contribution in [0.1, 0.15) is 6.42 Å². The number of nitro groups is 1. The quantitative estimate of drug-likeness (QED) is 0.356. The van der Waals surface area contributed by atoms with Gasteiger partial charge in [-0.2, -0.15) is 0 Å². The van der Waals surface area contributed by atoms with Gasteiger partial charge in [0.05, 0.1) is 12.0 Å². The van der Waals surface area contributed by atoms with Crippen molar-refractivity contribution in [1.29, 1.82) is 0 Å². The molecule has 0 saturated carbocycles. The summed E-state index contributed by atoms with van der Waals surface area (Å²) in [6.45, 7) is 0.150. The fourth-order valence-corrected chi connectivity index (χ4v) is 2.73. The van der Waals surface area contributed by atoms with E-state index in [9.17, 15) is 18.5 Å². The molecule has 1 rings (SSSR count). The summed E-state index contributed by atoms with van der Waals surface area (Å²) in [5.74, 6) is 0.359. The van der Waals surface area contributed by atoms with E-state index in [0.29, 0.717) is 12.3 Å². The van der Waals surface area contributed by atoms with Crippen molar-refractivity contribution in [3.05, 3.63) is 28.3 Å². The standard InChI is InChI=1S/C10H13ClN2O5S/c1-18-9-4-3-8(13(14)15)7-10(9)19(16,17)12-6-2-5-11/h3-4,7,12H,2,5-6H2,1H3. The second-order valence-electron chi connectivity index (χ2n) is 3.53. The second kappa shape index (κ2) is 6.69. The highest BCUT2D eigenvalue weighted by Crippen LogP contribution is 2.27. The first-order valence-corrected chi connectivity index (χ1v) is 7.32. The molecule has 19 heavy (non-hydrogen) atoms. The van der Waals surface area contributed by atoms with Gasteiger partial charge < -0.3 is 4.74 Å². The van der Waals surface area contributed by atoms with E-state index in [-0.39, 0.29) is 22.9 Å². The van der Waals surface area contributed by atoms with Crippen molar-refractivity contribution in [3.8, 4) is 5.75 Å². The third-order valence-corrected chi connectivity index (χ3v) is 4.00. The Morgan fingerprint density at radius 3 is 2.68 bits per heavy atom. The number of sulfonamides is 1. The largest absolute Gasteiger partial charge is 0.495 e. The van der Waals surface area contributed by atoms with Crippen LogP contribution in [-0.2, 0) is 10.0 Å². The second-order valence-corrected chi connectivity index (χ2v) is 5.65. The van der Waals surface area contributed by atoms with Gasteiger partial charge in [-0.25, -0.2) is 13.1 Å². The van der Waals surface area contributed by atoms with E-state index in [1.807, 2.05) is 0 Å². The Bertz CT molecular complexity index is 561. The van der Waals surface area contributed by atoms with E-state index in [2.05, 4.69) is 4.72 Å². The van der Waals surface area contributed by atoms with E-state index in [4.69, 9.17) is 16.3 Å². The fraction of sp³-hybridized carbons (Fsp3) is 0.400. The molecule has 1 N–H and O–H groups in total. The summed E-state index contributed by atoms with van der Waals surface area (Å²) in [5, 5.41) is 10.7. The Morgan fingerprint density at radius 1 is 1.47 bits per heavy atom. The number of rotatable bonds is 7. The predicted octanol–water partition coefficient (Wildman–Crippen LogP) is 1.51. The minimum absolute atomic E-state index is 0.0453. The number of hydrogen-bond donors (Lipinski definition) is 1. The summed E-state index contributed by atoms with van der Waals surface area (Å²) in [5.41, 5.74) is -0.321. The van der Waals surface area contributed by atoms with Gasteiger partial charge in [-0.05, 0) is 12.5 Å². The van der Waals surface area contributed by atoms with Crippen molar-refractivity contribution < 1.29 is 18.1 Å². The molecule has 1 aromatic carbocycles. The minimum Gasteiger partial charge on any atom is -0.495 e. The van der Waals surface area contributed by atoms with Gasteiger partial charge in [0, 0.05) is 24.6 Å². The normalized spacial score (nSPS) is 11.3. The Labute approximate surface area is 115 Å². The number of nitro benzene ring substituents is 1. The summed E-state index contributed by atoms with van der Waals surface area (Å²) in [4.78, 5) is 9.74. The summed E-state index contributed by atoms with van der Waals surface area (Å²) >= 11 is 5.45. The maximum atomic E-state index is 12.0. The van der Waals surface area contributed by atoms with Gasteiger partial charge in [-0.3, -0.25) is 10.1 Å². The number of ether oxygens (including phenoxy) is 1. The van der Waals surface area contributed by atoms with Crippen LogP contribution in [0.4, 0.5) is 5.69 Å². The molecule has 0 radical (unpaired) electrons. The zero-order valence-electron chi connectivity index (χ0n) is 10.1. The number of nitrogens with zero attached hydrogens (tertiary/aromatic N) is 1. The number of hydrogen-bond acceptors (Lipinski definition) is 5. The van der Waals surface area contributed by atoms with Gasteiger partial charge in [0.15, 0.2) is 0 Å². The van der Waals surface area contributed by atoms with Crippen LogP contribution in [-0.4, -0.2) is 32.9 Å². The minimum atomic E-state index is -3.87. The number of methoxy groups -OCH3 is 1. The van der Waals surface area contributed by atoms with Crippen LogP contribution in [0.5, 0.6) is 5.75 Å². The first-order valence-electron chi connectivity index (χ1n) is 5.30. The molecule has 0 aliphatic heterocycles. The zero-order valence-corrected chi connectivity index (χ0v) is 11.7. The topological polar surface area (TPSA) is 98.5 Å². The molecule has 0 fully saturated rings. The van der Waals surface area contributed by atoms with Crippen molar-refractivity contribution >= 4 is 27.3 Å². The van der Waals surface area contributed by atoms with Gasteiger partial charge in [0.25, 0.3) is 5.69 Å². The predicted molar refractivity (Wildman–Crippen MR) is 70.2 cm³/mol. The van der Waals surface area contributed by atoms with Crippen LogP contribution in [0.3, 0.4) is 0 Å². The summed E-state index contributed by atoms with van der Waals surface area (Å²) in [6.07, 6.45) is 0.456. The van der Waals surface area contributed by atoms with Crippen LogP contribution in [0.25, 0.3) is 0 Å². The SMILES string of the molecule is COc1ccc([N+](=O)[O-])cc1S(=O)(=O)NCCCCl. The van der Waals surface area contributed by atoms with Crippen LogP contribution in [0.15, 0.2) is 23.1 Å². The number of non-ortho nitro benzene ring substituents is 1. The van der Waals surface area contributed by atoms with Gasteiger partial charge in [0.1, 0.15) is 10.6 Å². The lowest BCUT2D eigenvalue weighted by Gasteiger charge is -2.10. The molecule has 7 nitrogen and oxygen atoms in total. The Morgan fingerprint density at radius 2 is 2.16 bits per heavy atom. The van der Waals surface area contributed by atoms with Crippen molar-refractivity contribution in [2.45, 2.75) is 11.3 Å². The average Bonchev–Trinajstić information content (AvgIpc) is 2.38. The Hall–Kier alpha value is -1.38. The average molecular weight is 309 g/mol. The van der Waals surface area contributed by atoms with Crippen LogP contribution in [0, 0.1) is 10.1 Å². The summed E-state index contributed by atoms with van der Waals surface area (Å²) in [7, 11) is -2.58. The molecule has 0 heterocycles. The van der Waals surface area contributed by atoms with Gasteiger partial charge in [0.2, 0.25) is 10.0 Å². The molecule has 0 amide bonds. The highest BCUT2D eigenvalue weighted by Gasteiger charge is 2.22. The highest BCUT2D eigenvalue weighted by atomic mass is 35.5. The number of nitrogens with one attached hydrogen (secondary N) is 1. The van der Waals surface area contributed by atoms with E-state index in [1.165, 1.54) is 19.2 Å². The molecule has 0 saturated heterocycles. The first-order chi connectivity index (χ1) is 8.92. The number of halogens is 1. The lowest BCUT2D eigenvalue weighted by molar-refractivity contribution is -0.385. The van der Waals surface area contributed by atoms with E-state index < -0.39 is 14.9 Å². The van der Waals surface area contributed by atoms with E-state index >= 15 is 0 Å². The molecule has 9 heteroatoms. The molecular formula is C10H13ClN2O5S. The smallest absolute Gasteiger partial charge is 0.271 e. The van der Waals surface area contributed by atoms with Gasteiger partial charge in [-0.15, -0.1) is 11.6 Å². The zero-order chi connectivity index (χ0) is 14.5. The van der Waals surface area contributed by atoms with Gasteiger partial charge >= 0.3 is 0 Å². The summed E-state index contributed by atoms with van der Waals surface area (Å²) in [6, 6.07) is 3.38. The Kier molecular flexibility index (Phi) is 5.52. The molecular weight excluding hydrogens is 296 g/mol. The number of benzene rings is 1. The van der Waals surface area contributed by atoms with Crippen molar-refractivity contribution in [3.63, 3.8) is 0 Å². The van der Waals surface area contributed by atoms with Gasteiger partial charge in [-0.1, -0.05) is 0 Å². The lowest BCUT2D eigenvalue weighted by Crippen LogP contribution is -2.25. The maximum Gasteiger partial charge on any atom is 0.271 e. The Balaban J connectivity index is 3.15. The molecule has 0 spiro atoms. The highest BCUT2D eigenvalue weighted by molar-refractivity contribution is 7.89. The fourth-order valence-electron chi connectivity index (χ4n) is 1.34. The van der Waals surface area contributed by atoms with Crippen LogP contribution < -0.4 is 9.46 Å². The molecule has 0 unspecified atom stereocenters. The monoisotopic (exact) mass is 308 g/mol. The van der Waals surface area contributed by atoms with Crippen molar-refractivity contribution in [1.82, 2.24) is 4.72 Å². The maximum absolute atomic E-state index is 12.0.